The first-order valence-corrected chi connectivity index (χ1v) is 5.52. The molecule has 4 nitrogen and oxygen atoms in total. The molecule has 15 heavy (non-hydrogen) atoms. The number of aryl methyl sites for hydroxylation is 2. The lowest BCUT2D eigenvalue weighted by molar-refractivity contribution is 0.647. The van der Waals surface area contributed by atoms with Gasteiger partial charge in [-0.3, -0.25) is 4.68 Å². The number of aromatic nitrogens is 2. The first kappa shape index (κ1) is 12.0. The summed E-state index contributed by atoms with van der Waals surface area (Å²) in [6.07, 6.45) is 0. The molecule has 1 heterocycles. The topological polar surface area (TPSA) is 47.1 Å². The van der Waals surface area contributed by atoms with Crippen molar-refractivity contribution >= 4 is 5.82 Å². The van der Waals surface area contributed by atoms with E-state index in [4.69, 9.17) is 5.73 Å². The van der Waals surface area contributed by atoms with Crippen molar-refractivity contribution in [1.29, 1.82) is 0 Å². The van der Waals surface area contributed by atoms with Gasteiger partial charge in [-0.25, -0.2) is 0 Å². The van der Waals surface area contributed by atoms with E-state index in [1.54, 1.807) is 0 Å². The summed E-state index contributed by atoms with van der Waals surface area (Å²) in [5.74, 6) is 1.16. The fraction of sp³-hybridized carbons (Fsp3) is 0.727. The van der Waals surface area contributed by atoms with Crippen LogP contribution in [0.3, 0.4) is 0 Å². The standard InChI is InChI=1S/C11H22N4/c1-6-15(8(2)3)11-10(7-12)9(4)13-14(11)5/h8H,6-7,12H2,1-5H3. The predicted molar refractivity (Wildman–Crippen MR) is 64.0 cm³/mol. The van der Waals surface area contributed by atoms with E-state index in [0.29, 0.717) is 12.6 Å². The molecule has 1 rings (SSSR count). The van der Waals surface area contributed by atoms with E-state index in [1.165, 1.54) is 0 Å². The van der Waals surface area contributed by atoms with Gasteiger partial charge in [0.15, 0.2) is 0 Å². The minimum atomic E-state index is 0.468. The Bertz CT molecular complexity index is 328. The van der Waals surface area contributed by atoms with Crippen LogP contribution in [0.1, 0.15) is 32.0 Å². The number of hydrogen-bond acceptors (Lipinski definition) is 3. The number of rotatable bonds is 4. The minimum absolute atomic E-state index is 0.468. The van der Waals surface area contributed by atoms with Gasteiger partial charge in [0.2, 0.25) is 0 Å². The molecule has 0 saturated heterocycles. The fourth-order valence-electron chi connectivity index (χ4n) is 2.05. The second-order valence-corrected chi connectivity index (χ2v) is 4.10. The second-order valence-electron chi connectivity index (χ2n) is 4.10. The van der Waals surface area contributed by atoms with Gasteiger partial charge in [0, 0.05) is 31.7 Å². The highest BCUT2D eigenvalue weighted by Crippen LogP contribution is 2.24. The van der Waals surface area contributed by atoms with Gasteiger partial charge < -0.3 is 10.6 Å². The Labute approximate surface area is 92.1 Å². The molecule has 0 unspecified atom stereocenters. The molecule has 0 aliphatic heterocycles. The summed E-state index contributed by atoms with van der Waals surface area (Å²) >= 11 is 0. The van der Waals surface area contributed by atoms with Crippen LogP contribution in [0, 0.1) is 6.92 Å². The van der Waals surface area contributed by atoms with Crippen LogP contribution in [0.4, 0.5) is 5.82 Å². The molecule has 1 aromatic heterocycles. The van der Waals surface area contributed by atoms with Crippen LogP contribution in [-0.2, 0) is 13.6 Å². The summed E-state index contributed by atoms with van der Waals surface area (Å²) in [6.45, 7) is 10.1. The molecule has 0 atom stereocenters. The monoisotopic (exact) mass is 210 g/mol. The van der Waals surface area contributed by atoms with E-state index in [0.717, 1.165) is 23.6 Å². The van der Waals surface area contributed by atoms with Crippen LogP contribution in [0.2, 0.25) is 0 Å². The zero-order valence-electron chi connectivity index (χ0n) is 10.4. The molecule has 0 amide bonds. The Hall–Kier alpha value is -1.03. The Morgan fingerprint density at radius 2 is 2.07 bits per heavy atom. The van der Waals surface area contributed by atoms with Crippen LogP contribution in [0.15, 0.2) is 0 Å². The summed E-state index contributed by atoms with van der Waals surface area (Å²) in [5.41, 5.74) is 7.97. The third-order valence-electron chi connectivity index (χ3n) is 2.75. The second kappa shape index (κ2) is 4.66. The van der Waals surface area contributed by atoms with Gasteiger partial charge in [-0.05, 0) is 27.7 Å². The molecule has 2 N–H and O–H groups in total. The number of anilines is 1. The van der Waals surface area contributed by atoms with Crippen LogP contribution >= 0.6 is 0 Å². The van der Waals surface area contributed by atoms with Crippen molar-refractivity contribution < 1.29 is 0 Å². The SMILES string of the molecule is CCN(c1c(CN)c(C)nn1C)C(C)C. The van der Waals surface area contributed by atoms with Crippen molar-refractivity contribution in [2.45, 2.75) is 40.3 Å². The molecule has 0 bridgehead atoms. The summed E-state index contributed by atoms with van der Waals surface area (Å²) in [7, 11) is 1.98. The maximum Gasteiger partial charge on any atom is 0.131 e. The molecule has 4 heteroatoms. The van der Waals surface area contributed by atoms with Gasteiger partial charge in [0.25, 0.3) is 0 Å². The van der Waals surface area contributed by atoms with E-state index in [1.807, 2.05) is 18.7 Å². The van der Waals surface area contributed by atoms with Crippen molar-refractivity contribution in [2.75, 3.05) is 11.4 Å². The minimum Gasteiger partial charge on any atom is -0.354 e. The first-order chi connectivity index (χ1) is 7.02. The maximum atomic E-state index is 5.78. The van der Waals surface area contributed by atoms with Gasteiger partial charge in [-0.15, -0.1) is 0 Å². The lowest BCUT2D eigenvalue weighted by atomic mass is 10.2. The Balaban J connectivity index is 3.21. The Kier molecular flexibility index (Phi) is 3.74. The van der Waals surface area contributed by atoms with Gasteiger partial charge in [0.1, 0.15) is 5.82 Å². The van der Waals surface area contributed by atoms with Gasteiger partial charge in [0.05, 0.1) is 5.69 Å². The number of nitrogens with two attached hydrogens (primary N) is 1. The molecule has 0 aliphatic carbocycles. The van der Waals surface area contributed by atoms with E-state index >= 15 is 0 Å². The quantitative estimate of drug-likeness (QED) is 0.817. The molecule has 0 aromatic carbocycles. The summed E-state index contributed by atoms with van der Waals surface area (Å²) in [6, 6.07) is 0.468. The Morgan fingerprint density at radius 3 is 2.47 bits per heavy atom. The van der Waals surface area contributed by atoms with Gasteiger partial charge >= 0.3 is 0 Å². The van der Waals surface area contributed by atoms with Crippen molar-refractivity contribution in [3.63, 3.8) is 0 Å². The van der Waals surface area contributed by atoms with Gasteiger partial charge in [-0.2, -0.15) is 5.10 Å². The molecule has 1 aromatic rings. The summed E-state index contributed by atoms with van der Waals surface area (Å²) < 4.78 is 1.93. The van der Waals surface area contributed by atoms with Crippen molar-refractivity contribution in [3.8, 4) is 0 Å². The molecule has 0 spiro atoms. The van der Waals surface area contributed by atoms with Crippen LogP contribution in [0.25, 0.3) is 0 Å². The molecule has 86 valence electrons. The molecule has 0 fully saturated rings. The summed E-state index contributed by atoms with van der Waals surface area (Å²) in [4.78, 5) is 2.32. The van der Waals surface area contributed by atoms with E-state index in [2.05, 4.69) is 30.8 Å². The van der Waals surface area contributed by atoms with Crippen molar-refractivity contribution in [1.82, 2.24) is 9.78 Å². The average molecular weight is 210 g/mol. The first-order valence-electron chi connectivity index (χ1n) is 5.52. The lowest BCUT2D eigenvalue weighted by Gasteiger charge is -2.28. The lowest BCUT2D eigenvalue weighted by Crippen LogP contribution is -2.33. The van der Waals surface area contributed by atoms with Crippen LogP contribution < -0.4 is 10.6 Å². The largest absolute Gasteiger partial charge is 0.354 e. The van der Waals surface area contributed by atoms with E-state index in [-0.39, 0.29) is 0 Å². The maximum absolute atomic E-state index is 5.78. The third kappa shape index (κ3) is 2.15. The predicted octanol–water partition coefficient (Wildman–Crippen LogP) is 1.42. The van der Waals surface area contributed by atoms with Crippen molar-refractivity contribution in [3.05, 3.63) is 11.3 Å². The Morgan fingerprint density at radius 1 is 1.47 bits per heavy atom. The van der Waals surface area contributed by atoms with Gasteiger partial charge in [-0.1, -0.05) is 0 Å². The van der Waals surface area contributed by atoms with E-state index in [9.17, 15) is 0 Å². The van der Waals surface area contributed by atoms with E-state index < -0.39 is 0 Å². The highest BCUT2D eigenvalue weighted by molar-refractivity contribution is 5.50. The highest BCUT2D eigenvalue weighted by Gasteiger charge is 2.18. The van der Waals surface area contributed by atoms with Crippen LogP contribution in [0.5, 0.6) is 0 Å². The molecule has 0 saturated carbocycles. The zero-order valence-corrected chi connectivity index (χ0v) is 10.4. The smallest absolute Gasteiger partial charge is 0.131 e. The van der Waals surface area contributed by atoms with Crippen LogP contribution in [-0.4, -0.2) is 22.4 Å². The molecular formula is C11H22N4. The average Bonchev–Trinajstić information content (AvgIpc) is 2.42. The fourth-order valence-corrected chi connectivity index (χ4v) is 2.05. The van der Waals surface area contributed by atoms with Crippen molar-refractivity contribution in [2.24, 2.45) is 12.8 Å². The molecule has 0 radical (unpaired) electrons. The normalized spacial score (nSPS) is 11.1. The third-order valence-corrected chi connectivity index (χ3v) is 2.75. The number of nitrogens with zero attached hydrogens (tertiary/aromatic N) is 3. The number of hydrogen-bond donors (Lipinski definition) is 1. The summed E-state index contributed by atoms with van der Waals surface area (Å²) in [5, 5.41) is 4.43. The molecular weight excluding hydrogens is 188 g/mol. The zero-order chi connectivity index (χ0) is 11.6. The highest BCUT2D eigenvalue weighted by atomic mass is 15.4. The molecule has 0 aliphatic rings.